The van der Waals surface area contributed by atoms with Crippen LogP contribution >= 0.6 is 0 Å². The van der Waals surface area contributed by atoms with Gasteiger partial charge in [-0.25, -0.2) is 4.79 Å². The first-order valence-corrected chi connectivity index (χ1v) is 8.97. The number of carbonyl (C=O) groups excluding carboxylic acids is 1. The van der Waals surface area contributed by atoms with Gasteiger partial charge in [0.2, 0.25) is 0 Å². The Hall–Kier alpha value is -0.910. The molecule has 5 heteroatoms. The quantitative estimate of drug-likeness (QED) is 0.402. The van der Waals surface area contributed by atoms with E-state index in [1.807, 2.05) is 32.9 Å². The minimum Gasteiger partial charge on any atom is -0.458 e. The predicted octanol–water partition coefficient (Wildman–Crippen LogP) is 3.61. The van der Waals surface area contributed by atoms with Crippen molar-refractivity contribution in [3.05, 3.63) is 12.2 Å². The first-order chi connectivity index (χ1) is 11.3. The molecule has 0 saturated heterocycles. The number of hydrogen-bond donors (Lipinski definition) is 0. The number of rotatable bonds is 7. The Morgan fingerprint density at radius 1 is 1.21 bits per heavy atom. The van der Waals surface area contributed by atoms with Crippen LogP contribution < -0.4 is 0 Å². The SMILES string of the molecule is COCO[C@@H]1CCC[C@H](COC2(C(=O)OC(C)(C)C)CC=CC2)C1. The van der Waals surface area contributed by atoms with Crippen molar-refractivity contribution in [1.82, 2.24) is 0 Å². The van der Waals surface area contributed by atoms with Crippen LogP contribution in [0.4, 0.5) is 0 Å². The minimum atomic E-state index is -0.840. The zero-order valence-electron chi connectivity index (χ0n) is 15.5. The minimum absolute atomic E-state index is 0.228. The van der Waals surface area contributed by atoms with Crippen molar-refractivity contribution in [3.63, 3.8) is 0 Å². The Labute approximate surface area is 145 Å². The summed E-state index contributed by atoms with van der Waals surface area (Å²) in [5, 5.41) is 0. The molecule has 0 bridgehead atoms. The summed E-state index contributed by atoms with van der Waals surface area (Å²) < 4.78 is 22.4. The van der Waals surface area contributed by atoms with Gasteiger partial charge in [-0.05, 0) is 46.0 Å². The first-order valence-electron chi connectivity index (χ1n) is 8.97. The third kappa shape index (κ3) is 5.57. The molecule has 0 amide bonds. The van der Waals surface area contributed by atoms with Gasteiger partial charge in [0.25, 0.3) is 0 Å². The van der Waals surface area contributed by atoms with Gasteiger partial charge in [0.1, 0.15) is 12.4 Å². The van der Waals surface area contributed by atoms with Crippen molar-refractivity contribution < 1.29 is 23.7 Å². The second-order valence-electron chi connectivity index (χ2n) is 7.91. The molecule has 1 saturated carbocycles. The Kier molecular flexibility index (Phi) is 6.84. The van der Waals surface area contributed by atoms with Crippen LogP contribution in [0.2, 0.25) is 0 Å². The lowest BCUT2D eigenvalue weighted by Crippen LogP contribution is -2.45. The van der Waals surface area contributed by atoms with Gasteiger partial charge in [0.15, 0.2) is 5.60 Å². The van der Waals surface area contributed by atoms with Gasteiger partial charge in [0, 0.05) is 20.0 Å². The monoisotopic (exact) mass is 340 g/mol. The maximum Gasteiger partial charge on any atom is 0.339 e. The number of ether oxygens (including phenoxy) is 4. The topological polar surface area (TPSA) is 54.0 Å². The molecule has 0 aromatic carbocycles. The maximum absolute atomic E-state index is 12.6. The molecule has 0 radical (unpaired) electrons. The normalized spacial score (nSPS) is 26.5. The summed E-state index contributed by atoms with van der Waals surface area (Å²) >= 11 is 0. The molecule has 138 valence electrons. The Balaban J connectivity index is 1.88. The van der Waals surface area contributed by atoms with Crippen LogP contribution in [0.1, 0.15) is 59.3 Å². The Morgan fingerprint density at radius 3 is 2.54 bits per heavy atom. The molecule has 2 aliphatic carbocycles. The molecule has 0 unspecified atom stereocenters. The van der Waals surface area contributed by atoms with E-state index >= 15 is 0 Å². The molecule has 2 aliphatic rings. The van der Waals surface area contributed by atoms with E-state index in [0.717, 1.165) is 25.7 Å². The lowest BCUT2D eigenvalue weighted by molar-refractivity contribution is -0.185. The van der Waals surface area contributed by atoms with E-state index in [2.05, 4.69) is 0 Å². The third-order valence-electron chi connectivity index (χ3n) is 4.58. The van der Waals surface area contributed by atoms with Crippen LogP contribution in [0.25, 0.3) is 0 Å². The average Bonchev–Trinajstić information content (AvgIpc) is 3.00. The fourth-order valence-electron chi connectivity index (χ4n) is 3.33. The molecule has 1 fully saturated rings. The summed E-state index contributed by atoms with van der Waals surface area (Å²) in [5.41, 5.74) is -1.34. The molecule has 2 atom stereocenters. The van der Waals surface area contributed by atoms with Crippen molar-refractivity contribution in [2.75, 3.05) is 20.5 Å². The largest absolute Gasteiger partial charge is 0.458 e. The molecule has 0 spiro atoms. The number of methoxy groups -OCH3 is 1. The molecule has 0 aromatic heterocycles. The zero-order chi connectivity index (χ0) is 17.6. The summed E-state index contributed by atoms with van der Waals surface area (Å²) in [4.78, 5) is 12.6. The molecular weight excluding hydrogens is 308 g/mol. The highest BCUT2D eigenvalue weighted by molar-refractivity contribution is 5.81. The van der Waals surface area contributed by atoms with Crippen molar-refractivity contribution in [2.45, 2.75) is 76.6 Å². The van der Waals surface area contributed by atoms with E-state index in [4.69, 9.17) is 18.9 Å². The summed E-state index contributed by atoms with van der Waals surface area (Å²) in [6, 6.07) is 0. The van der Waals surface area contributed by atoms with E-state index in [0.29, 0.717) is 32.2 Å². The summed E-state index contributed by atoms with van der Waals surface area (Å²) in [5.74, 6) is 0.170. The third-order valence-corrected chi connectivity index (χ3v) is 4.58. The van der Waals surface area contributed by atoms with Gasteiger partial charge in [-0.2, -0.15) is 0 Å². The molecule has 0 N–H and O–H groups in total. The molecule has 2 rings (SSSR count). The molecular formula is C19H32O5. The van der Waals surface area contributed by atoms with Crippen LogP contribution in [0, 0.1) is 5.92 Å². The van der Waals surface area contributed by atoms with Gasteiger partial charge in [0.05, 0.1) is 12.7 Å². The fourth-order valence-corrected chi connectivity index (χ4v) is 3.33. The van der Waals surface area contributed by atoms with E-state index in [-0.39, 0.29) is 12.1 Å². The smallest absolute Gasteiger partial charge is 0.339 e. The average molecular weight is 340 g/mol. The lowest BCUT2D eigenvalue weighted by atomic mass is 9.87. The van der Waals surface area contributed by atoms with Crippen LogP contribution in [0.3, 0.4) is 0 Å². The summed E-state index contributed by atoms with van der Waals surface area (Å²) in [6.45, 7) is 6.58. The number of carbonyl (C=O) groups is 1. The second-order valence-corrected chi connectivity index (χ2v) is 7.91. The van der Waals surface area contributed by atoms with Gasteiger partial charge in [-0.15, -0.1) is 0 Å². The van der Waals surface area contributed by atoms with Gasteiger partial charge < -0.3 is 18.9 Å². The van der Waals surface area contributed by atoms with Crippen molar-refractivity contribution in [1.29, 1.82) is 0 Å². The molecule has 24 heavy (non-hydrogen) atoms. The van der Waals surface area contributed by atoms with Gasteiger partial charge >= 0.3 is 5.97 Å². The second kappa shape index (κ2) is 8.45. The van der Waals surface area contributed by atoms with Crippen LogP contribution in [0.5, 0.6) is 0 Å². The fraction of sp³-hybridized carbons (Fsp3) is 0.842. The summed E-state index contributed by atoms with van der Waals surface area (Å²) in [7, 11) is 1.64. The van der Waals surface area contributed by atoms with Gasteiger partial charge in [-0.3, -0.25) is 0 Å². The van der Waals surface area contributed by atoms with Gasteiger partial charge in [-0.1, -0.05) is 18.6 Å². The number of hydrogen-bond acceptors (Lipinski definition) is 5. The highest BCUT2D eigenvalue weighted by Gasteiger charge is 2.44. The summed E-state index contributed by atoms with van der Waals surface area (Å²) in [6.07, 6.45) is 9.71. The Morgan fingerprint density at radius 2 is 1.92 bits per heavy atom. The highest BCUT2D eigenvalue weighted by Crippen LogP contribution is 2.34. The van der Waals surface area contributed by atoms with E-state index in [1.54, 1.807) is 7.11 Å². The molecule has 5 nitrogen and oxygen atoms in total. The van der Waals surface area contributed by atoms with E-state index in [1.165, 1.54) is 0 Å². The maximum atomic E-state index is 12.6. The first kappa shape index (κ1) is 19.4. The van der Waals surface area contributed by atoms with Crippen LogP contribution in [-0.2, 0) is 23.7 Å². The van der Waals surface area contributed by atoms with E-state index in [9.17, 15) is 4.79 Å². The zero-order valence-corrected chi connectivity index (χ0v) is 15.5. The standard InChI is InChI=1S/C19H32O5/c1-18(2,3)24-17(20)19(10-5-6-11-19)23-13-15-8-7-9-16(12-15)22-14-21-4/h5-6,15-16H,7-14H2,1-4H3/t15-,16+/m0/s1. The number of esters is 1. The van der Waals surface area contributed by atoms with Crippen LogP contribution in [0.15, 0.2) is 12.2 Å². The van der Waals surface area contributed by atoms with Crippen LogP contribution in [-0.4, -0.2) is 43.8 Å². The van der Waals surface area contributed by atoms with Crippen molar-refractivity contribution >= 4 is 5.97 Å². The van der Waals surface area contributed by atoms with Crippen molar-refractivity contribution in [3.8, 4) is 0 Å². The predicted molar refractivity (Wildman–Crippen MR) is 91.6 cm³/mol. The Bertz CT molecular complexity index is 430. The highest BCUT2D eigenvalue weighted by atomic mass is 16.7. The lowest BCUT2D eigenvalue weighted by Gasteiger charge is -2.34. The molecule has 0 aromatic rings. The molecule has 0 heterocycles. The van der Waals surface area contributed by atoms with Crippen molar-refractivity contribution in [2.24, 2.45) is 5.92 Å². The molecule has 0 aliphatic heterocycles. The van der Waals surface area contributed by atoms with E-state index < -0.39 is 11.2 Å².